The van der Waals surface area contributed by atoms with Gasteiger partial charge in [-0.1, -0.05) is 18.2 Å². The molecule has 2 saturated heterocycles. The number of amides is 3. The fourth-order valence-corrected chi connectivity index (χ4v) is 5.56. The average molecular weight is 571 g/mol. The van der Waals surface area contributed by atoms with Crippen LogP contribution in [0.25, 0.3) is 11.0 Å². The highest BCUT2D eigenvalue weighted by molar-refractivity contribution is 6.43. The van der Waals surface area contributed by atoms with E-state index in [0.29, 0.717) is 30.5 Å². The average Bonchev–Trinajstić information content (AvgIpc) is 3.57. The summed E-state index contributed by atoms with van der Waals surface area (Å²) in [7, 11) is -1.82. The third kappa shape index (κ3) is 7.44. The van der Waals surface area contributed by atoms with E-state index in [0.717, 1.165) is 5.39 Å². The van der Waals surface area contributed by atoms with Crippen LogP contribution in [0, 0.1) is 11.3 Å². The number of hydrogen-bond donors (Lipinski definition) is 4. The van der Waals surface area contributed by atoms with Crippen molar-refractivity contribution in [3.63, 3.8) is 0 Å². The van der Waals surface area contributed by atoms with Gasteiger partial charge < -0.3 is 30.0 Å². The molecule has 13 heteroatoms. The SMILES string of the molecule is CC(C)(C=C(C#N)C(=O)N1CCC[C@@H]1CNC(=O)N[C@@H](Cc1coc2ccccc12)B(O)O)N1CCC(F)(F)CC1. The third-order valence-corrected chi connectivity index (χ3v) is 7.97. The number of carbonyl (C=O) groups excluding carboxylic acids is 2. The predicted octanol–water partition coefficient (Wildman–Crippen LogP) is 2.61. The molecule has 0 radical (unpaired) electrons. The maximum Gasteiger partial charge on any atom is 0.475 e. The number of alkyl halides is 2. The lowest BCUT2D eigenvalue weighted by atomic mass is 9.76. The van der Waals surface area contributed by atoms with Crippen molar-refractivity contribution in [1.82, 2.24) is 20.4 Å². The topological polar surface area (TPSA) is 142 Å². The molecule has 2 aromatic rings. The number of halogens is 2. The summed E-state index contributed by atoms with van der Waals surface area (Å²) in [6, 6.07) is 8.28. The Morgan fingerprint density at radius 3 is 2.66 bits per heavy atom. The van der Waals surface area contributed by atoms with Crippen LogP contribution in [0.1, 0.15) is 45.1 Å². The molecule has 10 nitrogen and oxygen atoms in total. The number of rotatable bonds is 9. The number of para-hydroxylation sites is 1. The largest absolute Gasteiger partial charge is 0.475 e. The van der Waals surface area contributed by atoms with Gasteiger partial charge in [0.1, 0.15) is 17.2 Å². The summed E-state index contributed by atoms with van der Waals surface area (Å²) in [6.45, 7) is 4.43. The van der Waals surface area contributed by atoms with Crippen LogP contribution in [0.4, 0.5) is 13.6 Å². The fourth-order valence-electron chi connectivity index (χ4n) is 5.56. The maximum atomic E-state index is 13.6. The number of nitrogens with one attached hydrogen (secondary N) is 2. The van der Waals surface area contributed by atoms with E-state index in [1.54, 1.807) is 30.9 Å². The van der Waals surface area contributed by atoms with Crippen LogP contribution in [0.5, 0.6) is 0 Å². The predicted molar refractivity (Wildman–Crippen MR) is 149 cm³/mol. The second-order valence-electron chi connectivity index (χ2n) is 11.3. The lowest BCUT2D eigenvalue weighted by molar-refractivity contribution is -0.127. The summed E-state index contributed by atoms with van der Waals surface area (Å²) in [5.41, 5.74) is 0.518. The smallest absolute Gasteiger partial charge is 0.464 e. The van der Waals surface area contributed by atoms with E-state index in [4.69, 9.17) is 4.42 Å². The molecule has 1 aromatic heterocycles. The molecule has 2 aliphatic heterocycles. The Bertz CT molecular complexity index is 1310. The van der Waals surface area contributed by atoms with Gasteiger partial charge >= 0.3 is 13.1 Å². The lowest BCUT2D eigenvalue weighted by Crippen LogP contribution is -2.53. The van der Waals surface area contributed by atoms with Gasteiger partial charge in [0.05, 0.1) is 12.2 Å². The maximum absolute atomic E-state index is 13.6. The normalized spacial score (nSPS) is 20.5. The molecule has 3 heterocycles. The number of nitrogens with zero attached hydrogens (tertiary/aromatic N) is 3. The van der Waals surface area contributed by atoms with E-state index in [2.05, 4.69) is 10.6 Å². The van der Waals surface area contributed by atoms with Crippen LogP contribution in [0.3, 0.4) is 0 Å². The Labute approximate surface area is 238 Å². The molecular formula is C28H36BF2N5O5. The van der Waals surface area contributed by atoms with Gasteiger partial charge in [-0.15, -0.1) is 0 Å². The van der Waals surface area contributed by atoms with Gasteiger partial charge in [-0.3, -0.25) is 9.69 Å². The van der Waals surface area contributed by atoms with Crippen LogP contribution in [-0.2, 0) is 11.2 Å². The number of likely N-dealkylation sites (tertiary alicyclic amines) is 2. The summed E-state index contributed by atoms with van der Waals surface area (Å²) < 4.78 is 32.8. The molecule has 0 aliphatic carbocycles. The Kier molecular flexibility index (Phi) is 9.36. The Morgan fingerprint density at radius 2 is 1.98 bits per heavy atom. The highest BCUT2D eigenvalue weighted by atomic mass is 19.3. The summed E-state index contributed by atoms with van der Waals surface area (Å²) >= 11 is 0. The first-order chi connectivity index (χ1) is 19.4. The molecule has 0 bridgehead atoms. The first-order valence-electron chi connectivity index (χ1n) is 13.8. The molecule has 2 aliphatic rings. The number of furan rings is 1. The van der Waals surface area contributed by atoms with Crippen molar-refractivity contribution >= 4 is 30.0 Å². The van der Waals surface area contributed by atoms with Gasteiger partial charge in [0.15, 0.2) is 0 Å². The van der Waals surface area contributed by atoms with Crippen molar-refractivity contribution in [3.05, 3.63) is 47.7 Å². The molecule has 1 aromatic carbocycles. The monoisotopic (exact) mass is 571 g/mol. The molecular weight excluding hydrogens is 535 g/mol. The Hall–Kier alpha value is -3.47. The molecule has 3 amide bonds. The van der Waals surface area contributed by atoms with E-state index in [9.17, 15) is 33.7 Å². The quantitative estimate of drug-likeness (QED) is 0.206. The van der Waals surface area contributed by atoms with E-state index >= 15 is 0 Å². The number of piperidine rings is 1. The van der Waals surface area contributed by atoms with Gasteiger partial charge in [0.2, 0.25) is 0 Å². The van der Waals surface area contributed by atoms with Crippen molar-refractivity contribution in [2.45, 2.75) is 69.4 Å². The first kappa shape index (κ1) is 30.5. The number of nitriles is 1. The van der Waals surface area contributed by atoms with Crippen molar-refractivity contribution in [2.24, 2.45) is 0 Å². The van der Waals surface area contributed by atoms with Crippen molar-refractivity contribution < 1.29 is 32.8 Å². The van der Waals surface area contributed by atoms with E-state index in [1.807, 2.05) is 29.2 Å². The number of urea groups is 1. The van der Waals surface area contributed by atoms with Crippen LogP contribution >= 0.6 is 0 Å². The number of fused-ring (bicyclic) bond motifs is 1. The van der Waals surface area contributed by atoms with Gasteiger partial charge in [0.25, 0.3) is 11.8 Å². The van der Waals surface area contributed by atoms with E-state index in [-0.39, 0.29) is 50.5 Å². The van der Waals surface area contributed by atoms with Gasteiger partial charge in [-0.2, -0.15) is 5.26 Å². The van der Waals surface area contributed by atoms with E-state index < -0.39 is 36.5 Å². The zero-order chi connectivity index (χ0) is 29.8. The number of carbonyl (C=O) groups is 2. The summed E-state index contributed by atoms with van der Waals surface area (Å²) in [5.74, 6) is -4.18. The number of benzene rings is 1. The Balaban J connectivity index is 1.35. The minimum atomic E-state index is -2.70. The summed E-state index contributed by atoms with van der Waals surface area (Å²) in [6.07, 6.45) is 3.95. The molecule has 41 heavy (non-hydrogen) atoms. The molecule has 4 N–H and O–H groups in total. The Morgan fingerprint density at radius 1 is 1.27 bits per heavy atom. The number of hydrogen-bond acceptors (Lipinski definition) is 7. The zero-order valence-electron chi connectivity index (χ0n) is 23.3. The van der Waals surface area contributed by atoms with Gasteiger partial charge in [-0.05, 0) is 50.8 Å². The summed E-state index contributed by atoms with van der Waals surface area (Å²) in [4.78, 5) is 29.4. The van der Waals surface area contributed by atoms with Gasteiger partial charge in [0, 0.05) is 56.0 Å². The molecule has 4 rings (SSSR count). The lowest BCUT2D eigenvalue weighted by Gasteiger charge is -2.41. The van der Waals surface area contributed by atoms with Crippen molar-refractivity contribution in [3.8, 4) is 6.07 Å². The second kappa shape index (κ2) is 12.6. The molecule has 0 unspecified atom stereocenters. The first-order valence-corrected chi connectivity index (χ1v) is 13.8. The van der Waals surface area contributed by atoms with Gasteiger partial charge in [-0.25, -0.2) is 13.6 Å². The molecule has 220 valence electrons. The zero-order valence-corrected chi connectivity index (χ0v) is 23.3. The standard InChI is InChI=1S/C28H36BF2N5O5/c1-27(2,35-12-9-28(30,31)10-13-35)15-20(16-32)25(37)36-11-5-6-21(36)17-33-26(38)34-24(29(39)40)14-19-18-41-23-8-4-3-7-22(19)23/h3-4,7-8,15,18,21,24,39-40H,5-6,9-14,17H2,1-2H3,(H2,33,34,38)/t21-,24+/m1/s1. The van der Waals surface area contributed by atoms with Crippen LogP contribution in [-0.4, -0.2) is 88.5 Å². The van der Waals surface area contributed by atoms with E-state index in [1.165, 1.54) is 6.26 Å². The van der Waals surface area contributed by atoms with Crippen LogP contribution in [0.2, 0.25) is 0 Å². The third-order valence-electron chi connectivity index (χ3n) is 7.97. The minimum absolute atomic E-state index is 0.0699. The summed E-state index contributed by atoms with van der Waals surface area (Å²) in [5, 5.41) is 35.6. The highest BCUT2D eigenvalue weighted by Gasteiger charge is 2.39. The molecule has 0 saturated carbocycles. The fraction of sp³-hybridized carbons (Fsp3) is 0.536. The van der Waals surface area contributed by atoms with Crippen LogP contribution in [0.15, 0.2) is 46.6 Å². The highest BCUT2D eigenvalue weighted by Crippen LogP contribution is 2.32. The molecule has 0 spiro atoms. The van der Waals surface area contributed by atoms with Crippen molar-refractivity contribution in [2.75, 3.05) is 26.2 Å². The minimum Gasteiger partial charge on any atom is -0.464 e. The second-order valence-corrected chi connectivity index (χ2v) is 11.3. The molecule has 2 atom stereocenters. The van der Waals surface area contributed by atoms with Crippen molar-refractivity contribution in [1.29, 1.82) is 5.26 Å². The van der Waals surface area contributed by atoms with Crippen LogP contribution < -0.4 is 10.6 Å². The molecule has 2 fully saturated rings.